The lowest BCUT2D eigenvalue weighted by molar-refractivity contribution is -0.191. The molecule has 0 aromatic heterocycles. The Hall–Kier alpha value is -1.35. The second-order valence-electron chi connectivity index (χ2n) is 1.03. The summed E-state index contributed by atoms with van der Waals surface area (Å²) in [7, 11) is 0. The average Bonchev–Trinajstić information content (AvgIpc) is 2.20. The predicted octanol–water partition coefficient (Wildman–Crippen LogP) is -0.430. The fraction of sp³-hybridized carbons (Fsp3) is 0.500. The van der Waals surface area contributed by atoms with Crippen LogP contribution >= 0.6 is 0 Å². The van der Waals surface area contributed by atoms with Gasteiger partial charge >= 0.3 is 12.3 Å². The van der Waals surface area contributed by atoms with Crippen molar-refractivity contribution >= 4 is 12.3 Å². The minimum Gasteiger partial charge on any atom is -0.431 e. The molecule has 5 nitrogen and oxygen atoms in total. The Morgan fingerprint density at radius 1 is 1.22 bits per heavy atom. The van der Waals surface area contributed by atoms with Gasteiger partial charge in [0.2, 0.25) is 0 Å². The summed E-state index contributed by atoms with van der Waals surface area (Å²) >= 11 is 0. The van der Waals surface area contributed by atoms with Gasteiger partial charge in [0, 0.05) is 0 Å². The van der Waals surface area contributed by atoms with E-state index >= 15 is 0 Å². The van der Waals surface area contributed by atoms with E-state index in [0.717, 1.165) is 0 Å². The van der Waals surface area contributed by atoms with Gasteiger partial charge in [0.05, 0.1) is 0 Å². The van der Waals surface area contributed by atoms with Gasteiger partial charge in [-0.1, -0.05) is 0 Å². The van der Waals surface area contributed by atoms with Gasteiger partial charge in [-0.3, -0.25) is 0 Å². The van der Waals surface area contributed by atoms with Crippen molar-refractivity contribution in [2.24, 2.45) is 0 Å². The summed E-state index contributed by atoms with van der Waals surface area (Å²) in [5.74, 6) is 0. The Labute approximate surface area is 50.5 Å². The fourth-order valence-electron chi connectivity index (χ4n) is 0.292. The summed E-state index contributed by atoms with van der Waals surface area (Å²) < 4.78 is 8.58. The highest BCUT2D eigenvalue weighted by atomic mass is 16.8. The number of ether oxygens (including phenoxy) is 2. The van der Waals surface area contributed by atoms with Gasteiger partial charge in [0.15, 0.2) is 0 Å². The summed E-state index contributed by atoms with van der Waals surface area (Å²) in [5.41, 5.74) is 0. The third-order valence-electron chi connectivity index (χ3n) is 0.523. The maximum atomic E-state index is 9.80. The molecule has 1 fully saturated rings. The average molecular weight is 132 g/mol. The minimum atomic E-state index is -0.546. The van der Waals surface area contributed by atoms with Gasteiger partial charge in [-0.15, -0.1) is 0 Å². The zero-order chi connectivity index (χ0) is 7.11. The summed E-state index contributed by atoms with van der Waals surface area (Å²) in [6.07, 6.45) is -0.296. The molecule has 0 N–H and O–H groups in total. The van der Waals surface area contributed by atoms with Crippen molar-refractivity contribution in [1.82, 2.24) is 0 Å². The van der Waals surface area contributed by atoms with Crippen LogP contribution in [0.4, 0.5) is 4.79 Å². The van der Waals surface area contributed by atoms with Crippen molar-refractivity contribution in [3.05, 3.63) is 0 Å². The summed E-state index contributed by atoms with van der Waals surface area (Å²) in [5, 5.41) is 0. The van der Waals surface area contributed by atoms with Crippen molar-refractivity contribution < 1.29 is 23.9 Å². The van der Waals surface area contributed by atoms with Crippen LogP contribution in [0.3, 0.4) is 0 Å². The smallest absolute Gasteiger partial charge is 0.431 e. The monoisotopic (exact) mass is 132 g/mol. The largest absolute Gasteiger partial charge is 0.508 e. The van der Waals surface area contributed by atoms with E-state index in [1.54, 1.807) is 0 Å². The van der Waals surface area contributed by atoms with E-state index in [1.165, 1.54) is 0 Å². The molecule has 0 aromatic rings. The minimum absolute atomic E-state index is 0.250. The van der Waals surface area contributed by atoms with Crippen molar-refractivity contribution in [3.63, 3.8) is 0 Å². The van der Waals surface area contributed by atoms with Gasteiger partial charge in [-0.05, 0) is 0 Å². The normalized spacial score (nSPS) is 14.0. The highest BCUT2D eigenvalue weighted by Crippen LogP contribution is 1.92. The number of rotatable bonds is 0. The van der Waals surface area contributed by atoms with Crippen LogP contribution in [0.2, 0.25) is 0 Å². The quantitative estimate of drug-likeness (QED) is 0.418. The molecule has 1 rings (SSSR count). The number of hydrogen-bond acceptors (Lipinski definition) is 5. The van der Waals surface area contributed by atoms with Gasteiger partial charge in [0.25, 0.3) is 0 Å². The molecule has 0 bridgehead atoms. The molecule has 0 aromatic carbocycles. The molecule has 1 heterocycles. The van der Waals surface area contributed by atoms with Crippen LogP contribution in [0.25, 0.3) is 0 Å². The van der Waals surface area contributed by atoms with Crippen molar-refractivity contribution in [2.45, 2.75) is 0 Å². The van der Waals surface area contributed by atoms with E-state index in [1.807, 2.05) is 0 Å². The molecule has 5 heteroatoms. The van der Waals surface area contributed by atoms with Crippen LogP contribution in [-0.2, 0) is 19.1 Å². The van der Waals surface area contributed by atoms with Crippen LogP contribution in [0.15, 0.2) is 0 Å². The van der Waals surface area contributed by atoms with Crippen LogP contribution in [0, 0.1) is 0 Å². The van der Waals surface area contributed by atoms with Gasteiger partial charge < -0.3 is 9.47 Å². The number of cyclic esters (lactones) is 2. The molecule has 0 aliphatic carbocycles. The zero-order valence-electron chi connectivity index (χ0n) is 4.46. The second-order valence-corrected chi connectivity index (χ2v) is 1.03. The Morgan fingerprint density at radius 3 is 1.67 bits per heavy atom. The molecule has 0 radical (unpaired) electrons. The lowest BCUT2D eigenvalue weighted by Crippen LogP contribution is -1.88. The highest BCUT2D eigenvalue weighted by Gasteiger charge is 2.09. The Kier molecular flexibility index (Phi) is 4.08. The molecule has 1 aliphatic rings. The number of carbonyl (C=O) groups is 1. The van der Waals surface area contributed by atoms with E-state index in [4.69, 9.17) is 9.59 Å². The van der Waals surface area contributed by atoms with Crippen molar-refractivity contribution in [2.75, 3.05) is 13.2 Å². The molecule has 0 atom stereocenters. The lowest BCUT2D eigenvalue weighted by atomic mass is 10.8. The molecule has 1 aliphatic heterocycles. The number of carbonyl (C=O) groups excluding carboxylic acids is 3. The topological polar surface area (TPSA) is 69.7 Å². The predicted molar refractivity (Wildman–Crippen MR) is 22.3 cm³/mol. The molecule has 0 saturated carbocycles. The van der Waals surface area contributed by atoms with Gasteiger partial charge in [-0.2, -0.15) is 9.59 Å². The van der Waals surface area contributed by atoms with Crippen molar-refractivity contribution in [1.29, 1.82) is 0 Å². The van der Waals surface area contributed by atoms with E-state index in [9.17, 15) is 4.79 Å². The summed E-state index contributed by atoms with van der Waals surface area (Å²) in [6, 6.07) is 0. The summed E-state index contributed by atoms with van der Waals surface area (Å²) in [4.78, 5) is 26.0. The Bertz CT molecular complexity index is 115. The standard InChI is InChI=1S/C3H4O3.CO2/c4-3-5-1-2-6-3;2-1-3/h1-2H2;. The van der Waals surface area contributed by atoms with Gasteiger partial charge in [-0.25, -0.2) is 4.79 Å². The first-order chi connectivity index (χ1) is 4.31. The maximum absolute atomic E-state index is 9.80. The number of hydrogen-bond donors (Lipinski definition) is 0. The van der Waals surface area contributed by atoms with Crippen LogP contribution in [-0.4, -0.2) is 25.5 Å². The first kappa shape index (κ1) is 7.65. The zero-order valence-corrected chi connectivity index (χ0v) is 4.46. The van der Waals surface area contributed by atoms with E-state index in [-0.39, 0.29) is 6.15 Å². The Morgan fingerprint density at radius 2 is 1.56 bits per heavy atom. The molecule has 9 heavy (non-hydrogen) atoms. The second kappa shape index (κ2) is 4.80. The molecular weight excluding hydrogens is 128 g/mol. The lowest BCUT2D eigenvalue weighted by Gasteiger charge is -1.78. The Balaban J connectivity index is 0.000000187. The first-order valence-electron chi connectivity index (χ1n) is 2.10. The third kappa shape index (κ3) is 4.50. The highest BCUT2D eigenvalue weighted by molar-refractivity contribution is 5.61. The SMILES string of the molecule is O=C1OCCO1.O=C=O. The van der Waals surface area contributed by atoms with Crippen LogP contribution in [0.5, 0.6) is 0 Å². The molecule has 50 valence electrons. The van der Waals surface area contributed by atoms with Crippen LogP contribution < -0.4 is 0 Å². The van der Waals surface area contributed by atoms with Gasteiger partial charge in [0.1, 0.15) is 13.2 Å². The molecular formula is C4H4O5. The first-order valence-corrected chi connectivity index (χ1v) is 2.10. The third-order valence-corrected chi connectivity index (χ3v) is 0.523. The molecule has 0 unspecified atom stereocenters. The molecule has 0 amide bonds. The van der Waals surface area contributed by atoms with E-state index in [0.29, 0.717) is 13.2 Å². The molecule has 0 spiro atoms. The maximum Gasteiger partial charge on any atom is 0.508 e. The summed E-state index contributed by atoms with van der Waals surface area (Å²) in [6.45, 7) is 0.831. The van der Waals surface area contributed by atoms with E-state index < -0.39 is 6.16 Å². The van der Waals surface area contributed by atoms with Crippen molar-refractivity contribution in [3.8, 4) is 0 Å². The fourth-order valence-corrected chi connectivity index (χ4v) is 0.292. The van der Waals surface area contributed by atoms with Crippen LogP contribution in [0.1, 0.15) is 0 Å². The van der Waals surface area contributed by atoms with E-state index in [2.05, 4.69) is 9.47 Å². The molecule has 1 saturated heterocycles.